The van der Waals surface area contributed by atoms with Crippen LogP contribution in [-0.2, 0) is 0 Å². The van der Waals surface area contributed by atoms with Crippen LogP contribution in [0.2, 0.25) is 0 Å². The normalized spacial score (nSPS) is 23.7. The summed E-state index contributed by atoms with van der Waals surface area (Å²) in [5.41, 5.74) is -0.212. The predicted octanol–water partition coefficient (Wildman–Crippen LogP) is 1.84. The molecular formula is C15H32O4. The molecule has 1 saturated carbocycles. The van der Waals surface area contributed by atoms with Crippen LogP contribution in [0, 0.1) is 5.41 Å². The molecule has 0 saturated heterocycles. The Morgan fingerprint density at radius 1 is 0.895 bits per heavy atom. The summed E-state index contributed by atoms with van der Waals surface area (Å²) in [6.07, 6.45) is 6.85. The van der Waals surface area contributed by atoms with E-state index in [1.807, 2.05) is 6.92 Å². The van der Waals surface area contributed by atoms with E-state index in [-0.39, 0.29) is 30.8 Å². The smallest absolute Gasteiger partial charge is 0.0542 e. The molecule has 4 nitrogen and oxygen atoms in total. The van der Waals surface area contributed by atoms with Crippen LogP contribution in [0.3, 0.4) is 0 Å². The molecule has 0 bridgehead atoms. The minimum atomic E-state index is -0.212. The Morgan fingerprint density at radius 3 is 1.58 bits per heavy atom. The minimum absolute atomic E-state index is 0.111. The zero-order valence-corrected chi connectivity index (χ0v) is 12.5. The average molecular weight is 276 g/mol. The molecule has 0 heterocycles. The van der Waals surface area contributed by atoms with Gasteiger partial charge in [0.2, 0.25) is 0 Å². The van der Waals surface area contributed by atoms with Gasteiger partial charge in [0.1, 0.15) is 0 Å². The van der Waals surface area contributed by atoms with E-state index in [2.05, 4.69) is 6.92 Å². The van der Waals surface area contributed by atoms with Crippen LogP contribution < -0.4 is 0 Å². The summed E-state index contributed by atoms with van der Waals surface area (Å²) in [5.74, 6) is 0. The number of aliphatic hydroxyl groups is 4. The summed E-state index contributed by atoms with van der Waals surface area (Å²) >= 11 is 0. The van der Waals surface area contributed by atoms with E-state index in [1.165, 1.54) is 0 Å². The van der Waals surface area contributed by atoms with Crippen molar-refractivity contribution >= 4 is 0 Å². The van der Waals surface area contributed by atoms with Crippen molar-refractivity contribution in [2.24, 2.45) is 5.41 Å². The Balaban J connectivity index is 0.000000356. The van der Waals surface area contributed by atoms with Crippen LogP contribution >= 0.6 is 0 Å². The first-order chi connectivity index (χ1) is 9.03. The highest BCUT2D eigenvalue weighted by molar-refractivity contribution is 4.75. The van der Waals surface area contributed by atoms with Gasteiger partial charge >= 0.3 is 0 Å². The summed E-state index contributed by atoms with van der Waals surface area (Å²) in [4.78, 5) is 0. The summed E-state index contributed by atoms with van der Waals surface area (Å²) < 4.78 is 0. The Hall–Kier alpha value is -0.160. The number of aliphatic hydroxyl groups excluding tert-OH is 4. The first-order valence-electron chi connectivity index (χ1n) is 7.61. The molecule has 4 heteroatoms. The highest BCUT2D eigenvalue weighted by Gasteiger charge is 2.25. The van der Waals surface area contributed by atoms with E-state index < -0.39 is 0 Å². The molecule has 1 fully saturated rings. The van der Waals surface area contributed by atoms with Gasteiger partial charge < -0.3 is 20.4 Å². The van der Waals surface area contributed by atoms with Crippen molar-refractivity contribution in [2.45, 2.75) is 77.4 Å². The lowest BCUT2D eigenvalue weighted by molar-refractivity contribution is 0.0420. The van der Waals surface area contributed by atoms with Crippen LogP contribution in [0.4, 0.5) is 0 Å². The molecule has 0 spiro atoms. The van der Waals surface area contributed by atoms with Crippen molar-refractivity contribution in [3.63, 3.8) is 0 Å². The van der Waals surface area contributed by atoms with Gasteiger partial charge in [-0.3, -0.25) is 0 Å². The van der Waals surface area contributed by atoms with Gasteiger partial charge in [-0.2, -0.15) is 0 Å². The second-order valence-electron chi connectivity index (χ2n) is 5.74. The van der Waals surface area contributed by atoms with Crippen molar-refractivity contribution in [1.29, 1.82) is 0 Å². The van der Waals surface area contributed by atoms with E-state index in [0.29, 0.717) is 0 Å². The van der Waals surface area contributed by atoms with Crippen LogP contribution in [-0.4, -0.2) is 45.8 Å². The maximum Gasteiger partial charge on any atom is 0.0542 e. The molecule has 1 aliphatic rings. The minimum Gasteiger partial charge on any atom is -0.396 e. The molecule has 0 aromatic rings. The summed E-state index contributed by atoms with van der Waals surface area (Å²) in [6.45, 7) is 4.36. The first-order valence-corrected chi connectivity index (χ1v) is 7.61. The number of hydrogen-bond donors (Lipinski definition) is 4. The van der Waals surface area contributed by atoms with E-state index in [0.717, 1.165) is 51.4 Å². The third-order valence-electron chi connectivity index (χ3n) is 4.15. The molecule has 0 aliphatic heterocycles. The lowest BCUT2D eigenvalue weighted by Crippen LogP contribution is -2.28. The maximum absolute atomic E-state index is 9.04. The van der Waals surface area contributed by atoms with Gasteiger partial charge in [-0.25, -0.2) is 0 Å². The Kier molecular flexibility index (Phi) is 10.5. The van der Waals surface area contributed by atoms with Crippen molar-refractivity contribution in [3.8, 4) is 0 Å². The summed E-state index contributed by atoms with van der Waals surface area (Å²) in [5, 5.41) is 35.9. The summed E-state index contributed by atoms with van der Waals surface area (Å²) in [6, 6.07) is 0. The monoisotopic (exact) mass is 276 g/mol. The fraction of sp³-hybridized carbons (Fsp3) is 1.00. The molecule has 19 heavy (non-hydrogen) atoms. The second-order valence-corrected chi connectivity index (χ2v) is 5.74. The number of unbranched alkanes of at least 4 members (excludes halogenated alkanes) is 1. The Morgan fingerprint density at radius 2 is 1.32 bits per heavy atom. The van der Waals surface area contributed by atoms with Crippen molar-refractivity contribution in [2.75, 3.05) is 13.2 Å². The molecule has 116 valence electrons. The molecule has 0 radical (unpaired) electrons. The largest absolute Gasteiger partial charge is 0.396 e. The maximum atomic E-state index is 9.04. The molecular weight excluding hydrogens is 244 g/mol. The van der Waals surface area contributed by atoms with Crippen LogP contribution in [0.25, 0.3) is 0 Å². The van der Waals surface area contributed by atoms with Gasteiger partial charge in [0.15, 0.2) is 0 Å². The molecule has 1 rings (SSSR count). The van der Waals surface area contributed by atoms with Gasteiger partial charge in [0.25, 0.3) is 0 Å². The van der Waals surface area contributed by atoms with Crippen LogP contribution in [0.15, 0.2) is 0 Å². The quantitative estimate of drug-likeness (QED) is 0.597. The fourth-order valence-electron chi connectivity index (χ4n) is 2.22. The molecule has 0 atom stereocenters. The SMILES string of the molecule is CCCCC(CC)(CO)CO.OC1CCC(O)CC1. The molecule has 0 unspecified atom stereocenters. The highest BCUT2D eigenvalue weighted by atomic mass is 16.3. The van der Waals surface area contributed by atoms with Crippen molar-refractivity contribution in [1.82, 2.24) is 0 Å². The number of rotatable bonds is 6. The zero-order valence-electron chi connectivity index (χ0n) is 12.5. The van der Waals surface area contributed by atoms with E-state index in [4.69, 9.17) is 20.4 Å². The molecule has 0 aromatic carbocycles. The number of hydrogen-bond acceptors (Lipinski definition) is 4. The third-order valence-corrected chi connectivity index (χ3v) is 4.15. The fourth-order valence-corrected chi connectivity index (χ4v) is 2.22. The molecule has 4 N–H and O–H groups in total. The first kappa shape index (κ1) is 18.8. The lowest BCUT2D eigenvalue weighted by Gasteiger charge is -2.27. The molecule has 1 aliphatic carbocycles. The van der Waals surface area contributed by atoms with Gasteiger partial charge in [0, 0.05) is 5.41 Å². The van der Waals surface area contributed by atoms with Gasteiger partial charge in [-0.05, 0) is 38.5 Å². The topological polar surface area (TPSA) is 80.9 Å². The Bertz CT molecular complexity index is 178. The standard InChI is InChI=1S/C9H20O2.C6H12O2/c1-3-5-6-9(4-2,7-10)8-11;7-5-1-2-6(8)4-3-5/h10-11H,3-8H2,1-2H3;5-8H,1-4H2. The second kappa shape index (κ2) is 10.6. The lowest BCUT2D eigenvalue weighted by atomic mass is 9.82. The predicted molar refractivity (Wildman–Crippen MR) is 76.9 cm³/mol. The van der Waals surface area contributed by atoms with E-state index in [1.54, 1.807) is 0 Å². The molecule has 0 amide bonds. The van der Waals surface area contributed by atoms with Crippen LogP contribution in [0.5, 0.6) is 0 Å². The summed E-state index contributed by atoms with van der Waals surface area (Å²) in [7, 11) is 0. The molecule has 0 aromatic heterocycles. The average Bonchev–Trinajstić information content (AvgIpc) is 2.45. The van der Waals surface area contributed by atoms with Crippen LogP contribution in [0.1, 0.15) is 65.2 Å². The zero-order chi connectivity index (χ0) is 14.7. The van der Waals surface area contributed by atoms with Gasteiger partial charge in [-0.1, -0.05) is 26.7 Å². The Labute approximate surface area is 117 Å². The van der Waals surface area contributed by atoms with Gasteiger partial charge in [0.05, 0.1) is 25.4 Å². The highest BCUT2D eigenvalue weighted by Crippen LogP contribution is 2.27. The van der Waals surface area contributed by atoms with E-state index in [9.17, 15) is 0 Å². The third kappa shape index (κ3) is 7.88. The van der Waals surface area contributed by atoms with Crippen molar-refractivity contribution < 1.29 is 20.4 Å². The van der Waals surface area contributed by atoms with E-state index >= 15 is 0 Å². The van der Waals surface area contributed by atoms with Crippen molar-refractivity contribution in [3.05, 3.63) is 0 Å². The van der Waals surface area contributed by atoms with Gasteiger partial charge in [-0.15, -0.1) is 0 Å².